The predicted octanol–water partition coefficient (Wildman–Crippen LogP) is -0.121. The summed E-state index contributed by atoms with van der Waals surface area (Å²) in [6.45, 7) is 0. The molecule has 2 atom stereocenters. The van der Waals surface area contributed by atoms with Crippen LogP contribution in [-0.2, 0) is 9.59 Å². The van der Waals surface area contributed by atoms with Gasteiger partial charge in [-0.05, 0) is 12.8 Å². The molecule has 0 aliphatic rings. The molecule has 5 nitrogen and oxygen atoms in total. The van der Waals surface area contributed by atoms with Gasteiger partial charge in [-0.2, -0.15) is 0 Å². The molecule has 0 saturated heterocycles. The summed E-state index contributed by atoms with van der Waals surface area (Å²) in [6, 6.07) is -1.88. The number of halogens is 2. The lowest BCUT2D eigenvalue weighted by molar-refractivity contribution is -0.138. The molecule has 0 radical (unpaired) electrons. The van der Waals surface area contributed by atoms with E-state index in [1.54, 1.807) is 0 Å². The van der Waals surface area contributed by atoms with Crippen LogP contribution in [0.2, 0.25) is 0 Å². The van der Waals surface area contributed by atoms with Gasteiger partial charge in [0.2, 0.25) is 0 Å². The van der Waals surface area contributed by atoms with Gasteiger partial charge in [0.25, 0.3) is 0 Å². The Labute approximate surface area is 91.3 Å². The first-order valence-electron chi connectivity index (χ1n) is 3.92. The molecule has 0 bridgehead atoms. The third-order valence-corrected chi connectivity index (χ3v) is 2.12. The van der Waals surface area contributed by atoms with Gasteiger partial charge in [-0.25, -0.2) is 0 Å². The quantitative estimate of drug-likeness (QED) is 0.564. The average Bonchev–Trinajstić information content (AvgIpc) is 2.11. The highest BCUT2D eigenvalue weighted by atomic mass is 35.5. The zero-order chi connectivity index (χ0) is 11.3. The van der Waals surface area contributed by atoms with Crippen molar-refractivity contribution in [3.05, 3.63) is 0 Å². The van der Waals surface area contributed by atoms with E-state index in [0.717, 1.165) is 0 Å². The maximum atomic E-state index is 11.0. The van der Waals surface area contributed by atoms with Crippen LogP contribution in [-0.4, -0.2) is 33.8 Å². The van der Waals surface area contributed by atoms with Crippen LogP contribution in [0, 0.1) is 0 Å². The van der Waals surface area contributed by atoms with Crippen molar-refractivity contribution in [3.63, 3.8) is 0 Å². The van der Waals surface area contributed by atoms with E-state index in [2.05, 4.69) is 0 Å². The van der Waals surface area contributed by atoms with E-state index in [-0.39, 0.29) is 12.8 Å². The van der Waals surface area contributed by atoms with Crippen molar-refractivity contribution in [1.82, 2.24) is 0 Å². The van der Waals surface area contributed by atoms with E-state index >= 15 is 0 Å². The lowest BCUT2D eigenvalue weighted by Crippen LogP contribution is -2.38. The van der Waals surface area contributed by atoms with Crippen LogP contribution in [0.1, 0.15) is 12.8 Å². The van der Waals surface area contributed by atoms with Gasteiger partial charge in [-0.3, -0.25) is 9.59 Å². The Kier molecular flexibility index (Phi) is 6.03. The van der Waals surface area contributed by atoms with E-state index in [0.29, 0.717) is 0 Å². The molecule has 0 amide bonds. The summed E-state index contributed by atoms with van der Waals surface area (Å²) in [6.07, 6.45) is 0.269. The molecular formula is C7H12Cl2N2O3. The number of Topliss-reactive ketones (excluding diaryl/α,β-unsaturated/α-hetero) is 1. The number of carbonyl (C=O) groups is 2. The molecule has 0 rings (SSSR count). The molecule has 0 aliphatic carbocycles. The molecule has 7 heteroatoms. The molecule has 0 spiro atoms. The molecule has 0 aromatic carbocycles. The van der Waals surface area contributed by atoms with Crippen LogP contribution in [0.5, 0.6) is 0 Å². The second kappa shape index (κ2) is 6.19. The zero-order valence-electron chi connectivity index (χ0n) is 7.32. The molecule has 0 aromatic heterocycles. The van der Waals surface area contributed by atoms with Gasteiger partial charge in [-0.1, -0.05) is 23.2 Å². The number of carboxylic acids is 1. The molecule has 1 unspecified atom stereocenters. The van der Waals surface area contributed by atoms with Gasteiger partial charge in [0.05, 0.1) is 6.04 Å². The summed E-state index contributed by atoms with van der Waals surface area (Å²) in [5.74, 6) is -1.65. The minimum Gasteiger partial charge on any atom is -0.480 e. The standard InChI is InChI=1S/C7H12Cl2N2O3/c8-6(9)5(12)3(10)1-2-4(11)7(13)14/h3-4,6H,1-2,10-11H2,(H,13,14)/t3?,4-/m0/s1. The zero-order valence-corrected chi connectivity index (χ0v) is 8.83. The number of nitrogens with two attached hydrogens (primary N) is 2. The minimum atomic E-state index is -1.17. The summed E-state index contributed by atoms with van der Waals surface area (Å²) >= 11 is 10.6. The van der Waals surface area contributed by atoms with E-state index in [4.69, 9.17) is 39.8 Å². The van der Waals surface area contributed by atoms with Crippen molar-refractivity contribution in [3.8, 4) is 0 Å². The van der Waals surface area contributed by atoms with Gasteiger partial charge >= 0.3 is 5.97 Å². The van der Waals surface area contributed by atoms with E-state index in [1.807, 2.05) is 0 Å². The molecule has 5 N–H and O–H groups in total. The summed E-state index contributed by atoms with van der Waals surface area (Å²) in [4.78, 5) is 20.2. The van der Waals surface area contributed by atoms with Gasteiger partial charge in [0.1, 0.15) is 6.04 Å². The van der Waals surface area contributed by atoms with Crippen LogP contribution in [0.15, 0.2) is 0 Å². The highest BCUT2D eigenvalue weighted by Gasteiger charge is 2.22. The van der Waals surface area contributed by atoms with Crippen molar-refractivity contribution in [1.29, 1.82) is 0 Å². The Hall–Kier alpha value is -0.360. The first kappa shape index (κ1) is 13.6. The number of carbonyl (C=O) groups excluding carboxylic acids is 1. The van der Waals surface area contributed by atoms with Gasteiger partial charge in [-0.15, -0.1) is 0 Å². The second-order valence-electron chi connectivity index (χ2n) is 2.83. The second-order valence-corrected chi connectivity index (χ2v) is 3.93. The Balaban J connectivity index is 3.90. The van der Waals surface area contributed by atoms with E-state index < -0.39 is 28.7 Å². The van der Waals surface area contributed by atoms with Crippen LogP contribution >= 0.6 is 23.2 Å². The predicted molar refractivity (Wildman–Crippen MR) is 53.3 cm³/mol. The number of alkyl halides is 2. The maximum absolute atomic E-state index is 11.0. The van der Waals surface area contributed by atoms with Crippen molar-refractivity contribution >= 4 is 35.0 Å². The van der Waals surface area contributed by atoms with E-state index in [1.165, 1.54) is 0 Å². The fourth-order valence-corrected chi connectivity index (χ4v) is 1.11. The molecule has 0 saturated carbocycles. The third kappa shape index (κ3) is 4.76. The number of hydrogen-bond donors (Lipinski definition) is 3. The highest BCUT2D eigenvalue weighted by Crippen LogP contribution is 2.09. The molecule has 0 aliphatic heterocycles. The molecule has 0 aromatic rings. The van der Waals surface area contributed by atoms with E-state index in [9.17, 15) is 9.59 Å². The number of aliphatic carboxylic acids is 1. The van der Waals surface area contributed by atoms with Crippen molar-refractivity contribution in [2.45, 2.75) is 29.8 Å². The van der Waals surface area contributed by atoms with Gasteiger partial charge in [0.15, 0.2) is 10.6 Å². The van der Waals surface area contributed by atoms with Gasteiger partial charge < -0.3 is 16.6 Å². The first-order valence-corrected chi connectivity index (χ1v) is 4.79. The Morgan fingerprint density at radius 3 is 1.93 bits per heavy atom. The van der Waals surface area contributed by atoms with Crippen LogP contribution < -0.4 is 11.5 Å². The number of hydrogen-bond acceptors (Lipinski definition) is 4. The summed E-state index contributed by atoms with van der Waals surface area (Å²) in [5, 5.41) is 8.44. The number of ketones is 1. The first-order chi connectivity index (χ1) is 6.36. The largest absolute Gasteiger partial charge is 0.480 e. The van der Waals surface area contributed by atoms with Crippen molar-refractivity contribution in [2.24, 2.45) is 11.5 Å². The number of carboxylic acid groups (broad SMARTS) is 1. The number of rotatable bonds is 6. The van der Waals surface area contributed by atoms with Crippen LogP contribution in [0.3, 0.4) is 0 Å². The lowest BCUT2D eigenvalue weighted by atomic mass is 10.0. The van der Waals surface area contributed by atoms with Crippen LogP contribution in [0.4, 0.5) is 0 Å². The topological polar surface area (TPSA) is 106 Å². The molecule has 82 valence electrons. The monoisotopic (exact) mass is 242 g/mol. The van der Waals surface area contributed by atoms with Crippen LogP contribution in [0.25, 0.3) is 0 Å². The minimum absolute atomic E-state index is 0.114. The summed E-state index contributed by atoms with van der Waals surface area (Å²) in [7, 11) is 0. The Morgan fingerprint density at radius 2 is 1.57 bits per heavy atom. The molecule has 14 heavy (non-hydrogen) atoms. The molecule has 0 heterocycles. The Bertz CT molecular complexity index is 223. The normalized spacial score (nSPS) is 15.2. The smallest absolute Gasteiger partial charge is 0.320 e. The fourth-order valence-electron chi connectivity index (χ4n) is 0.787. The Morgan fingerprint density at radius 1 is 1.14 bits per heavy atom. The SMILES string of the molecule is NC(CC[C@H](N)C(=O)O)C(=O)C(Cl)Cl. The summed E-state index contributed by atoms with van der Waals surface area (Å²) < 4.78 is 0. The summed E-state index contributed by atoms with van der Waals surface area (Å²) in [5.41, 5.74) is 10.6. The maximum Gasteiger partial charge on any atom is 0.320 e. The van der Waals surface area contributed by atoms with Crippen molar-refractivity contribution < 1.29 is 14.7 Å². The molecular weight excluding hydrogens is 231 g/mol. The highest BCUT2D eigenvalue weighted by molar-refractivity contribution is 6.54. The molecule has 0 fully saturated rings. The third-order valence-electron chi connectivity index (χ3n) is 1.69. The van der Waals surface area contributed by atoms with Crippen molar-refractivity contribution in [2.75, 3.05) is 0 Å². The van der Waals surface area contributed by atoms with Gasteiger partial charge in [0, 0.05) is 0 Å². The average molecular weight is 243 g/mol. The fraction of sp³-hybridized carbons (Fsp3) is 0.714. The lowest BCUT2D eigenvalue weighted by Gasteiger charge is -2.12.